The minimum absolute atomic E-state index is 0.0158. The average molecular weight is 246 g/mol. The average Bonchev–Trinajstić information content (AvgIpc) is 2.79. The van der Waals surface area contributed by atoms with E-state index in [-0.39, 0.29) is 17.7 Å². The van der Waals surface area contributed by atoms with Gasteiger partial charge in [0, 0.05) is 6.07 Å². The molecular weight excluding hydrogens is 232 g/mol. The van der Waals surface area contributed by atoms with E-state index in [1.807, 2.05) is 6.92 Å². The first kappa shape index (κ1) is 12.4. The minimum atomic E-state index is -0.442. The van der Waals surface area contributed by atoms with Crippen LogP contribution in [0.15, 0.2) is 18.2 Å². The minimum Gasteiger partial charge on any atom is -0.489 e. The second-order valence-electron chi connectivity index (χ2n) is 4.53. The monoisotopic (exact) mass is 246 g/mol. The van der Waals surface area contributed by atoms with Crippen molar-refractivity contribution >= 4 is 5.69 Å². The molecule has 18 heavy (non-hydrogen) atoms. The summed E-state index contributed by atoms with van der Waals surface area (Å²) in [6.45, 7) is 1.84. The summed E-state index contributed by atoms with van der Waals surface area (Å²) >= 11 is 0. The van der Waals surface area contributed by atoms with Gasteiger partial charge in [-0.1, -0.05) is 0 Å². The molecule has 0 N–H and O–H groups in total. The lowest BCUT2D eigenvalue weighted by Gasteiger charge is -2.17. The van der Waals surface area contributed by atoms with Gasteiger partial charge >= 0.3 is 0 Å². The molecule has 1 aliphatic carbocycles. The summed E-state index contributed by atoms with van der Waals surface area (Å²) in [6.07, 6.45) is 2.50. The number of hydrogen-bond donors (Lipinski definition) is 0. The quantitative estimate of drug-likeness (QED) is 0.606. The Kier molecular flexibility index (Phi) is 3.47. The maximum Gasteiger partial charge on any atom is 0.273 e. The van der Waals surface area contributed by atoms with Crippen LogP contribution in [0.3, 0.4) is 0 Å². The van der Waals surface area contributed by atoms with Gasteiger partial charge in [-0.3, -0.25) is 10.1 Å². The Morgan fingerprint density at radius 1 is 1.50 bits per heavy atom. The number of nitrogens with zero attached hydrogens (tertiary/aromatic N) is 2. The fraction of sp³-hybridized carbons (Fsp3) is 0.462. The second kappa shape index (κ2) is 5.05. The summed E-state index contributed by atoms with van der Waals surface area (Å²) in [5, 5.41) is 19.7. The van der Waals surface area contributed by atoms with E-state index in [1.54, 1.807) is 6.07 Å². The van der Waals surface area contributed by atoms with Crippen molar-refractivity contribution in [1.29, 1.82) is 5.26 Å². The Hall–Kier alpha value is -2.09. The molecule has 0 aliphatic heterocycles. The van der Waals surface area contributed by atoms with Gasteiger partial charge in [0.15, 0.2) is 0 Å². The van der Waals surface area contributed by atoms with Gasteiger partial charge in [0.1, 0.15) is 11.9 Å². The SMILES string of the molecule is Cc1ccc([N+](=O)[O-])cc1OC1CCCC1C#N. The van der Waals surface area contributed by atoms with Crippen LogP contribution in [0.25, 0.3) is 0 Å². The van der Waals surface area contributed by atoms with Gasteiger partial charge in [0.25, 0.3) is 5.69 Å². The number of nitro groups is 1. The molecule has 2 atom stereocenters. The van der Waals surface area contributed by atoms with Crippen molar-refractivity contribution in [3.8, 4) is 11.8 Å². The predicted octanol–water partition coefficient (Wildman–Crippen LogP) is 2.97. The van der Waals surface area contributed by atoms with E-state index in [0.717, 1.165) is 24.8 Å². The number of nitro benzene ring substituents is 1. The van der Waals surface area contributed by atoms with Crippen LogP contribution in [-0.4, -0.2) is 11.0 Å². The molecule has 0 heterocycles. The molecule has 1 fully saturated rings. The summed E-state index contributed by atoms with van der Waals surface area (Å²) in [5.74, 6) is 0.403. The standard InChI is InChI=1S/C13H14N2O3/c1-9-5-6-11(15(16)17)7-13(9)18-12-4-2-3-10(12)8-14/h5-7,10,12H,2-4H2,1H3. The molecule has 2 rings (SSSR count). The predicted molar refractivity (Wildman–Crippen MR) is 65.2 cm³/mol. The van der Waals surface area contributed by atoms with Crippen molar-refractivity contribution in [1.82, 2.24) is 0 Å². The van der Waals surface area contributed by atoms with Gasteiger partial charge in [0.2, 0.25) is 0 Å². The number of rotatable bonds is 3. The highest BCUT2D eigenvalue weighted by Gasteiger charge is 2.29. The zero-order valence-electron chi connectivity index (χ0n) is 10.1. The summed E-state index contributed by atoms with van der Waals surface area (Å²) in [6, 6.07) is 6.79. The van der Waals surface area contributed by atoms with Gasteiger partial charge in [-0.15, -0.1) is 0 Å². The lowest BCUT2D eigenvalue weighted by atomic mass is 10.1. The Morgan fingerprint density at radius 3 is 2.94 bits per heavy atom. The van der Waals surface area contributed by atoms with Crippen molar-refractivity contribution in [3.63, 3.8) is 0 Å². The normalized spacial score (nSPS) is 22.4. The lowest BCUT2D eigenvalue weighted by molar-refractivity contribution is -0.385. The van der Waals surface area contributed by atoms with Gasteiger partial charge in [0.05, 0.1) is 23.0 Å². The van der Waals surface area contributed by atoms with E-state index in [1.165, 1.54) is 12.1 Å². The largest absolute Gasteiger partial charge is 0.489 e. The molecule has 1 saturated carbocycles. The molecule has 5 nitrogen and oxygen atoms in total. The molecule has 0 bridgehead atoms. The Morgan fingerprint density at radius 2 is 2.28 bits per heavy atom. The van der Waals surface area contributed by atoms with E-state index in [2.05, 4.69) is 6.07 Å². The number of ether oxygens (including phenoxy) is 1. The Balaban J connectivity index is 2.20. The van der Waals surface area contributed by atoms with Crippen molar-refractivity contribution in [2.75, 3.05) is 0 Å². The molecule has 1 aromatic rings. The van der Waals surface area contributed by atoms with Crippen LogP contribution >= 0.6 is 0 Å². The van der Waals surface area contributed by atoms with E-state index < -0.39 is 4.92 Å². The molecule has 0 spiro atoms. The van der Waals surface area contributed by atoms with Crippen molar-refractivity contribution < 1.29 is 9.66 Å². The zero-order chi connectivity index (χ0) is 13.1. The molecule has 1 aliphatic rings. The highest BCUT2D eigenvalue weighted by Crippen LogP contribution is 2.32. The van der Waals surface area contributed by atoms with Crippen LogP contribution in [0.2, 0.25) is 0 Å². The first-order valence-corrected chi connectivity index (χ1v) is 5.93. The molecule has 0 radical (unpaired) electrons. The molecule has 0 saturated heterocycles. The molecule has 1 aromatic carbocycles. The molecule has 5 heteroatoms. The van der Waals surface area contributed by atoms with Crippen molar-refractivity contribution in [2.45, 2.75) is 32.3 Å². The van der Waals surface area contributed by atoms with Crippen LogP contribution in [0.4, 0.5) is 5.69 Å². The first-order chi connectivity index (χ1) is 8.61. The smallest absolute Gasteiger partial charge is 0.273 e. The molecule has 2 unspecified atom stereocenters. The summed E-state index contributed by atoms with van der Waals surface area (Å²) < 4.78 is 5.77. The second-order valence-corrected chi connectivity index (χ2v) is 4.53. The topological polar surface area (TPSA) is 76.2 Å². The van der Waals surface area contributed by atoms with Crippen molar-refractivity contribution in [3.05, 3.63) is 33.9 Å². The fourth-order valence-electron chi connectivity index (χ4n) is 2.21. The van der Waals surface area contributed by atoms with E-state index in [0.29, 0.717) is 5.75 Å². The third kappa shape index (κ3) is 2.43. The summed E-state index contributed by atoms with van der Waals surface area (Å²) in [7, 11) is 0. The fourth-order valence-corrected chi connectivity index (χ4v) is 2.21. The summed E-state index contributed by atoms with van der Waals surface area (Å²) in [4.78, 5) is 10.3. The Bertz CT molecular complexity index is 507. The number of non-ortho nitro benzene ring substituents is 1. The molecule has 0 aromatic heterocycles. The molecular formula is C13H14N2O3. The van der Waals surface area contributed by atoms with Crippen LogP contribution in [0.5, 0.6) is 5.75 Å². The maximum absolute atomic E-state index is 10.7. The highest BCUT2D eigenvalue weighted by atomic mass is 16.6. The third-order valence-electron chi connectivity index (χ3n) is 3.28. The van der Waals surface area contributed by atoms with Gasteiger partial charge < -0.3 is 4.74 Å². The third-order valence-corrected chi connectivity index (χ3v) is 3.28. The van der Waals surface area contributed by atoms with Crippen LogP contribution in [-0.2, 0) is 0 Å². The number of benzene rings is 1. The van der Waals surface area contributed by atoms with Gasteiger partial charge in [-0.25, -0.2) is 0 Å². The van der Waals surface area contributed by atoms with Crippen LogP contribution in [0, 0.1) is 34.3 Å². The van der Waals surface area contributed by atoms with E-state index in [9.17, 15) is 10.1 Å². The Labute approximate surface area is 105 Å². The summed E-state index contributed by atoms with van der Waals surface area (Å²) in [5.41, 5.74) is 0.867. The molecule has 94 valence electrons. The number of hydrogen-bond acceptors (Lipinski definition) is 4. The van der Waals surface area contributed by atoms with Crippen LogP contribution < -0.4 is 4.74 Å². The molecule has 0 amide bonds. The van der Waals surface area contributed by atoms with E-state index >= 15 is 0 Å². The van der Waals surface area contributed by atoms with E-state index in [4.69, 9.17) is 10.00 Å². The lowest BCUT2D eigenvalue weighted by Crippen LogP contribution is -2.20. The van der Waals surface area contributed by atoms with Crippen LogP contribution in [0.1, 0.15) is 24.8 Å². The highest BCUT2D eigenvalue weighted by molar-refractivity contribution is 5.43. The van der Waals surface area contributed by atoms with Gasteiger partial charge in [-0.05, 0) is 37.8 Å². The maximum atomic E-state index is 10.7. The van der Waals surface area contributed by atoms with Crippen molar-refractivity contribution in [2.24, 2.45) is 5.92 Å². The van der Waals surface area contributed by atoms with Gasteiger partial charge in [-0.2, -0.15) is 5.26 Å². The number of nitriles is 1. The number of aryl methyl sites for hydroxylation is 1. The first-order valence-electron chi connectivity index (χ1n) is 5.93. The zero-order valence-corrected chi connectivity index (χ0v) is 10.1.